The number of hydrogen-bond donors (Lipinski definition) is 3. The van der Waals surface area contributed by atoms with Gasteiger partial charge in [0.05, 0.1) is 13.2 Å². The highest BCUT2D eigenvalue weighted by molar-refractivity contribution is 5.44. The van der Waals surface area contributed by atoms with E-state index >= 15 is 0 Å². The minimum absolute atomic E-state index is 0.334. The molecule has 14 heterocycles. The van der Waals surface area contributed by atoms with E-state index in [0.717, 1.165) is 246 Å². The van der Waals surface area contributed by atoms with Crippen LogP contribution in [0.5, 0.6) is 5.75 Å². The van der Waals surface area contributed by atoms with Crippen LogP contribution in [0.15, 0.2) is 91.5 Å². The van der Waals surface area contributed by atoms with Gasteiger partial charge in [-0.1, -0.05) is 24.3 Å². The minimum atomic E-state index is 0.334. The lowest BCUT2D eigenvalue weighted by Gasteiger charge is -2.32. The van der Waals surface area contributed by atoms with Gasteiger partial charge in [0.2, 0.25) is 35.7 Å². The third kappa shape index (κ3) is 23.4. The van der Waals surface area contributed by atoms with Crippen molar-refractivity contribution in [3.63, 3.8) is 0 Å². The van der Waals surface area contributed by atoms with Crippen molar-refractivity contribution in [1.29, 1.82) is 0 Å². The standard InChI is InChI=1S/C23H33N5.C23H32N4O.C21H31N7O.C20H29N7/c1-18-16-22(26-23(25-18)28-12-4-3-5-13-28)20-10-14-27(15-11-20)17-19-6-8-21(24-2)9-7-19;1-17-6-7-19(15-22(17)28)16-26-12-8-20(9-13-26)21-14-18(2)24-23(25-21)27-10-4-3-5-11-27;1-16-12-19(25-21(24-16)28-8-10-29-11-9-28)18-4-6-27(7-5-18)15-17-13-22-20(23-14-17)26(2)3;1-15-11-18(25-20(24-15)27-7-3-2-4-8-27)17-5-9-26(10-6-17)14-16-12-22-19(21)23-13-16/h6-9,16,20,24H,3-5,10-15,17H2,1-2H3;6-7,14-15,20,28H,3-5,8-13,16H2,1-2H3;12-14,18H,4-11,15H2,1-3H3;11-13,17H,2-10,14H2,1H3,(H2,21,22,23). The Kier molecular flexibility index (Phi) is 29.1. The Bertz CT molecular complexity index is 4190. The van der Waals surface area contributed by atoms with Gasteiger partial charge in [-0.25, -0.2) is 59.8 Å². The van der Waals surface area contributed by atoms with Crippen LogP contribution >= 0.6 is 0 Å². The molecule has 25 nitrogen and oxygen atoms in total. The number of morpholine rings is 1. The number of ether oxygens (including phenoxy) is 1. The first kappa shape index (κ1) is 81.1. The second-order valence-corrected chi connectivity index (χ2v) is 32.7. The first-order valence-electron chi connectivity index (χ1n) is 42.0. The molecule has 8 aliphatic rings. The summed E-state index contributed by atoms with van der Waals surface area (Å²) in [4.78, 5) is 77.0. The van der Waals surface area contributed by atoms with Crippen molar-refractivity contribution in [3.8, 4) is 5.75 Å². The predicted octanol–water partition coefficient (Wildman–Crippen LogP) is 12.7. The third-order valence-corrected chi connectivity index (χ3v) is 23.6. The molecule has 0 amide bonds. The highest BCUT2D eigenvalue weighted by atomic mass is 16.5. The summed E-state index contributed by atoms with van der Waals surface area (Å²) in [5.41, 5.74) is 21.8. The quantitative estimate of drug-likeness (QED) is 0.0722. The summed E-state index contributed by atoms with van der Waals surface area (Å²) in [6.45, 7) is 32.5. The predicted molar refractivity (Wildman–Crippen MR) is 449 cm³/mol. The molecule has 4 N–H and O–H groups in total. The average Bonchev–Trinajstić information content (AvgIpc) is 0.819. The SMILES string of the molecule is CNc1ccc(CN2CCC(c3cc(C)nc(N4CCCCC4)n3)CC2)cc1.Cc1cc(C2CCN(Cc3ccc(C)c(O)c3)CC2)nc(N2CCCCC2)n1.Cc1cc(C2CCN(Cc3cnc(N(C)C)nc3)CC2)nc(N2CCOCC2)n1.Cc1cc(C2CCN(Cc3cnc(N)nc3)CC2)nc(N2CCCCC2)n1. The number of likely N-dealkylation sites (tertiary alicyclic amines) is 4. The number of nitrogens with zero attached hydrogens (tertiary/aromatic N) is 21. The summed E-state index contributed by atoms with van der Waals surface area (Å²) >= 11 is 0. The topological polar surface area (TPSA) is 251 Å². The van der Waals surface area contributed by atoms with Gasteiger partial charge in [0.1, 0.15) is 5.75 Å². The number of nitrogens with one attached hydrogen (secondary N) is 1. The van der Waals surface area contributed by atoms with Crippen LogP contribution in [0.4, 0.5) is 41.4 Å². The Morgan fingerprint density at radius 1 is 0.384 bits per heavy atom. The molecule has 8 aromatic rings. The van der Waals surface area contributed by atoms with Crippen molar-refractivity contribution in [1.82, 2.24) is 79.4 Å². The fourth-order valence-corrected chi connectivity index (χ4v) is 17.0. The van der Waals surface area contributed by atoms with E-state index in [2.05, 4.69) is 152 Å². The highest BCUT2D eigenvalue weighted by Crippen LogP contribution is 2.35. The molecule has 0 saturated carbocycles. The summed E-state index contributed by atoms with van der Waals surface area (Å²) in [7, 11) is 5.88. The third-order valence-electron chi connectivity index (χ3n) is 23.6. The van der Waals surface area contributed by atoms with Crippen molar-refractivity contribution in [3.05, 3.63) is 165 Å². The van der Waals surface area contributed by atoms with Gasteiger partial charge >= 0.3 is 0 Å². The van der Waals surface area contributed by atoms with Gasteiger partial charge in [0.25, 0.3) is 0 Å². The Hall–Kier alpha value is -8.88. The van der Waals surface area contributed by atoms with Gasteiger partial charge in [-0.05, 0) is 255 Å². The number of nitrogens with two attached hydrogens (primary N) is 1. The zero-order valence-corrected chi connectivity index (χ0v) is 68.4. The Morgan fingerprint density at radius 2 is 0.696 bits per heavy atom. The molecule has 6 aromatic heterocycles. The number of anilines is 7. The summed E-state index contributed by atoms with van der Waals surface area (Å²) < 4.78 is 5.46. The van der Waals surface area contributed by atoms with Crippen LogP contribution in [0.25, 0.3) is 0 Å². The van der Waals surface area contributed by atoms with E-state index in [1.54, 1.807) is 0 Å². The second-order valence-electron chi connectivity index (χ2n) is 32.7. The summed E-state index contributed by atoms with van der Waals surface area (Å²) in [6.07, 6.45) is 28.2. The van der Waals surface area contributed by atoms with Gasteiger partial charge < -0.3 is 45.4 Å². The first-order valence-corrected chi connectivity index (χ1v) is 42.0. The minimum Gasteiger partial charge on any atom is -0.508 e. The van der Waals surface area contributed by atoms with Gasteiger partial charge in [-0.3, -0.25) is 19.6 Å². The van der Waals surface area contributed by atoms with Crippen LogP contribution in [0.2, 0.25) is 0 Å². The molecule has 8 fully saturated rings. The first-order chi connectivity index (χ1) is 54.5. The number of aromatic hydroxyl groups is 1. The van der Waals surface area contributed by atoms with Crippen LogP contribution < -0.4 is 35.6 Å². The molecular weight excluding hydrogens is 1400 g/mol. The molecule has 112 heavy (non-hydrogen) atoms. The van der Waals surface area contributed by atoms with Crippen LogP contribution in [-0.2, 0) is 30.9 Å². The van der Waals surface area contributed by atoms with E-state index in [1.165, 1.54) is 116 Å². The molecule has 0 unspecified atom stereocenters. The Balaban J connectivity index is 0.000000131. The van der Waals surface area contributed by atoms with Crippen molar-refractivity contribution >= 4 is 41.4 Å². The number of rotatable bonds is 18. The zero-order chi connectivity index (χ0) is 77.7. The number of aryl methyl sites for hydroxylation is 5. The van der Waals surface area contributed by atoms with Gasteiger partial charge in [0.15, 0.2) is 0 Å². The molecule has 0 radical (unpaired) electrons. The molecule has 25 heteroatoms. The normalized spacial score (nSPS) is 19.1. The maximum absolute atomic E-state index is 9.94. The van der Waals surface area contributed by atoms with Crippen LogP contribution in [0.3, 0.4) is 0 Å². The molecule has 0 spiro atoms. The largest absolute Gasteiger partial charge is 0.508 e. The molecule has 600 valence electrons. The zero-order valence-electron chi connectivity index (χ0n) is 68.4. The molecule has 8 aliphatic heterocycles. The van der Waals surface area contributed by atoms with Crippen molar-refractivity contribution in [2.45, 2.75) is 194 Å². The fourth-order valence-electron chi connectivity index (χ4n) is 17.0. The van der Waals surface area contributed by atoms with E-state index in [0.29, 0.717) is 35.4 Å². The molecule has 0 bridgehead atoms. The number of nitrogen functional groups attached to an aromatic ring is 1. The van der Waals surface area contributed by atoms with Crippen LogP contribution in [0, 0.1) is 34.6 Å². The van der Waals surface area contributed by atoms with Crippen LogP contribution in [0.1, 0.15) is 206 Å². The van der Waals surface area contributed by atoms with Gasteiger partial charge in [-0.2, -0.15) is 0 Å². The summed E-state index contributed by atoms with van der Waals surface area (Å²) in [6, 6.07) is 23.6. The van der Waals surface area contributed by atoms with E-state index in [9.17, 15) is 5.11 Å². The Labute approximate surface area is 666 Å². The highest BCUT2D eigenvalue weighted by Gasteiger charge is 2.30. The van der Waals surface area contributed by atoms with E-state index < -0.39 is 0 Å². The lowest BCUT2D eigenvalue weighted by Crippen LogP contribution is -2.38. The Morgan fingerprint density at radius 3 is 1.03 bits per heavy atom. The lowest BCUT2D eigenvalue weighted by molar-refractivity contribution is 0.122. The molecule has 0 atom stereocenters. The van der Waals surface area contributed by atoms with Crippen LogP contribution in [-0.4, -0.2) is 224 Å². The average molecular weight is 1530 g/mol. The molecule has 16 rings (SSSR count). The molecule has 0 aliphatic carbocycles. The number of phenols is 1. The van der Waals surface area contributed by atoms with Crippen molar-refractivity contribution < 1.29 is 9.84 Å². The van der Waals surface area contributed by atoms with Crippen molar-refractivity contribution in [2.75, 3.05) is 175 Å². The number of hydrogen-bond acceptors (Lipinski definition) is 25. The van der Waals surface area contributed by atoms with E-state index in [1.807, 2.05) is 69.9 Å². The van der Waals surface area contributed by atoms with Gasteiger partial charge in [-0.15, -0.1) is 0 Å². The maximum Gasteiger partial charge on any atom is 0.225 e. The smallest absolute Gasteiger partial charge is 0.225 e. The summed E-state index contributed by atoms with van der Waals surface area (Å²) in [5, 5.41) is 13.1. The summed E-state index contributed by atoms with van der Waals surface area (Å²) in [5.74, 6) is 7.29. The number of phenolic OH excluding ortho intramolecular Hbond substituents is 1. The molecule has 8 saturated heterocycles. The number of benzene rings is 2. The van der Waals surface area contributed by atoms with E-state index in [4.69, 9.17) is 45.4 Å². The molecular formula is C87H125N23O2. The lowest BCUT2D eigenvalue weighted by atomic mass is 9.92. The number of aromatic nitrogens is 12. The van der Waals surface area contributed by atoms with E-state index in [-0.39, 0.29) is 0 Å². The fraction of sp³-hybridized carbons (Fsp3) is 0.586. The van der Waals surface area contributed by atoms with Crippen molar-refractivity contribution in [2.24, 2.45) is 0 Å². The number of piperidine rings is 7. The van der Waals surface area contributed by atoms with Gasteiger partial charge in [0, 0.05) is 211 Å². The maximum atomic E-state index is 9.94. The second kappa shape index (κ2) is 40.2. The molecule has 2 aromatic carbocycles. The monoisotopic (exact) mass is 1520 g/mol.